The third kappa shape index (κ3) is 4.65. The molecule has 0 radical (unpaired) electrons. The maximum absolute atomic E-state index is 13.7. The number of anilines is 1. The molecule has 0 aliphatic carbocycles. The zero-order valence-corrected chi connectivity index (χ0v) is 14.0. The summed E-state index contributed by atoms with van der Waals surface area (Å²) in [6.07, 6.45) is 0.406. The summed E-state index contributed by atoms with van der Waals surface area (Å²) in [5.74, 6) is -0.726. The van der Waals surface area contributed by atoms with Gasteiger partial charge in [-0.1, -0.05) is 24.3 Å². The van der Waals surface area contributed by atoms with E-state index < -0.39 is 0 Å². The van der Waals surface area contributed by atoms with Crippen LogP contribution in [0.25, 0.3) is 0 Å². The molecular weight excluding hydrogens is 307 g/mol. The second-order valence-electron chi connectivity index (χ2n) is 5.88. The summed E-state index contributed by atoms with van der Waals surface area (Å²) in [7, 11) is 0. The zero-order valence-electron chi connectivity index (χ0n) is 14.0. The van der Waals surface area contributed by atoms with Crippen LogP contribution in [0.2, 0.25) is 0 Å². The molecule has 2 aromatic rings. The third-order valence-electron chi connectivity index (χ3n) is 3.67. The van der Waals surface area contributed by atoms with E-state index in [1.165, 1.54) is 13.0 Å². The van der Waals surface area contributed by atoms with Gasteiger partial charge in [0.25, 0.3) is 5.91 Å². The lowest BCUT2D eigenvalue weighted by Crippen LogP contribution is -2.34. The molecule has 2 N–H and O–H groups in total. The fourth-order valence-electron chi connectivity index (χ4n) is 2.44. The summed E-state index contributed by atoms with van der Waals surface area (Å²) < 4.78 is 13.7. The van der Waals surface area contributed by atoms with Crippen molar-refractivity contribution in [2.45, 2.75) is 33.2 Å². The van der Waals surface area contributed by atoms with Crippen LogP contribution in [0, 0.1) is 12.7 Å². The first-order valence-corrected chi connectivity index (χ1v) is 7.79. The summed E-state index contributed by atoms with van der Waals surface area (Å²) in [4.78, 5) is 23.6. The van der Waals surface area contributed by atoms with Crippen molar-refractivity contribution in [3.63, 3.8) is 0 Å². The molecule has 0 heterocycles. The first-order chi connectivity index (χ1) is 11.4. The molecule has 5 heteroatoms. The highest BCUT2D eigenvalue weighted by molar-refractivity contribution is 5.97. The number of carbonyl (C=O) groups excluding carboxylic acids is 2. The Hall–Kier alpha value is -2.69. The first kappa shape index (κ1) is 17.7. The predicted molar refractivity (Wildman–Crippen MR) is 92.5 cm³/mol. The normalized spacial score (nSPS) is 11.7. The molecule has 2 amide bonds. The summed E-state index contributed by atoms with van der Waals surface area (Å²) in [5, 5.41) is 5.55. The van der Waals surface area contributed by atoms with Gasteiger partial charge in [-0.25, -0.2) is 4.39 Å². The van der Waals surface area contributed by atoms with E-state index in [0.29, 0.717) is 23.2 Å². The summed E-state index contributed by atoms with van der Waals surface area (Å²) in [6, 6.07) is 11.4. The van der Waals surface area contributed by atoms with Crippen molar-refractivity contribution in [3.8, 4) is 0 Å². The fourth-order valence-corrected chi connectivity index (χ4v) is 2.44. The van der Waals surface area contributed by atoms with E-state index in [9.17, 15) is 14.0 Å². The maximum Gasteiger partial charge on any atom is 0.251 e. The van der Waals surface area contributed by atoms with Gasteiger partial charge in [-0.3, -0.25) is 9.59 Å². The van der Waals surface area contributed by atoms with Gasteiger partial charge in [0, 0.05) is 24.2 Å². The quantitative estimate of drug-likeness (QED) is 0.883. The molecule has 1 unspecified atom stereocenters. The Labute approximate surface area is 141 Å². The second-order valence-corrected chi connectivity index (χ2v) is 5.88. The van der Waals surface area contributed by atoms with Crippen molar-refractivity contribution in [2.75, 3.05) is 5.32 Å². The van der Waals surface area contributed by atoms with Crippen molar-refractivity contribution in [2.24, 2.45) is 0 Å². The molecule has 0 fully saturated rings. The minimum Gasteiger partial charge on any atom is -0.349 e. The lowest BCUT2D eigenvalue weighted by molar-refractivity contribution is -0.114. The lowest BCUT2D eigenvalue weighted by Gasteiger charge is -2.15. The Balaban J connectivity index is 2.06. The summed E-state index contributed by atoms with van der Waals surface area (Å²) in [6.45, 7) is 5.10. The summed E-state index contributed by atoms with van der Waals surface area (Å²) >= 11 is 0. The lowest BCUT2D eigenvalue weighted by atomic mass is 10.1. The topological polar surface area (TPSA) is 58.2 Å². The van der Waals surface area contributed by atoms with Crippen LogP contribution >= 0.6 is 0 Å². The van der Waals surface area contributed by atoms with Gasteiger partial charge in [-0.05, 0) is 49.6 Å². The number of amides is 2. The number of hydrogen-bond acceptors (Lipinski definition) is 2. The van der Waals surface area contributed by atoms with Crippen molar-refractivity contribution in [1.29, 1.82) is 0 Å². The maximum atomic E-state index is 13.7. The number of halogens is 1. The summed E-state index contributed by atoms with van der Waals surface area (Å²) in [5.41, 5.74) is 2.50. The van der Waals surface area contributed by atoms with Gasteiger partial charge in [0.1, 0.15) is 5.82 Å². The molecule has 24 heavy (non-hydrogen) atoms. The monoisotopic (exact) mass is 328 g/mol. The minimum atomic E-state index is -0.276. The van der Waals surface area contributed by atoms with Crippen LogP contribution in [0.15, 0.2) is 42.5 Å². The molecule has 4 nitrogen and oxygen atoms in total. The van der Waals surface area contributed by atoms with E-state index >= 15 is 0 Å². The predicted octanol–water partition coefficient (Wildman–Crippen LogP) is 3.45. The van der Waals surface area contributed by atoms with E-state index in [-0.39, 0.29) is 23.7 Å². The first-order valence-electron chi connectivity index (χ1n) is 7.79. The molecule has 1 atom stereocenters. The highest BCUT2D eigenvalue weighted by Gasteiger charge is 2.13. The van der Waals surface area contributed by atoms with Gasteiger partial charge in [0.2, 0.25) is 5.91 Å². The molecule has 0 spiro atoms. The number of carbonyl (C=O) groups is 2. The van der Waals surface area contributed by atoms with Crippen LogP contribution in [0.3, 0.4) is 0 Å². The third-order valence-corrected chi connectivity index (χ3v) is 3.67. The zero-order chi connectivity index (χ0) is 17.7. The van der Waals surface area contributed by atoms with Crippen LogP contribution in [-0.2, 0) is 11.2 Å². The van der Waals surface area contributed by atoms with Crippen molar-refractivity contribution in [3.05, 3.63) is 65.0 Å². The van der Waals surface area contributed by atoms with E-state index in [0.717, 1.165) is 5.56 Å². The van der Waals surface area contributed by atoms with Gasteiger partial charge >= 0.3 is 0 Å². The van der Waals surface area contributed by atoms with Gasteiger partial charge in [-0.15, -0.1) is 0 Å². The highest BCUT2D eigenvalue weighted by atomic mass is 19.1. The Bertz CT molecular complexity index is 759. The minimum absolute atomic E-state index is 0.191. The number of rotatable bonds is 5. The van der Waals surface area contributed by atoms with E-state index in [2.05, 4.69) is 10.6 Å². The largest absolute Gasteiger partial charge is 0.349 e. The number of hydrogen-bond donors (Lipinski definition) is 2. The average molecular weight is 328 g/mol. The van der Waals surface area contributed by atoms with Crippen molar-refractivity contribution in [1.82, 2.24) is 5.32 Å². The second kappa shape index (κ2) is 7.73. The number of nitrogens with one attached hydrogen (secondary N) is 2. The van der Waals surface area contributed by atoms with Gasteiger partial charge in [0.15, 0.2) is 0 Å². The Kier molecular flexibility index (Phi) is 5.68. The van der Waals surface area contributed by atoms with Crippen LogP contribution in [0.4, 0.5) is 10.1 Å². The molecule has 0 aromatic heterocycles. The SMILES string of the molecule is CC(=O)Nc1cc(C(=O)NC(C)Cc2ccccc2F)ccc1C. The molecule has 0 saturated heterocycles. The standard InChI is InChI=1S/C19H21FN2O2/c1-12-8-9-16(11-18(12)22-14(3)23)19(24)21-13(2)10-15-6-4-5-7-17(15)20/h4-9,11,13H,10H2,1-3H3,(H,21,24)(H,22,23). The van der Waals surface area contributed by atoms with E-state index in [1.54, 1.807) is 36.4 Å². The fraction of sp³-hybridized carbons (Fsp3) is 0.263. The van der Waals surface area contributed by atoms with Crippen LogP contribution in [0.1, 0.15) is 35.3 Å². The number of aryl methyl sites for hydroxylation is 1. The molecule has 2 rings (SSSR count). The Morgan fingerprint density at radius 1 is 1.17 bits per heavy atom. The van der Waals surface area contributed by atoms with E-state index in [1.807, 2.05) is 13.8 Å². The van der Waals surface area contributed by atoms with Crippen LogP contribution in [0.5, 0.6) is 0 Å². The highest BCUT2D eigenvalue weighted by Crippen LogP contribution is 2.17. The van der Waals surface area contributed by atoms with Gasteiger partial charge < -0.3 is 10.6 Å². The van der Waals surface area contributed by atoms with Crippen molar-refractivity contribution < 1.29 is 14.0 Å². The van der Waals surface area contributed by atoms with Gasteiger partial charge in [0.05, 0.1) is 0 Å². The van der Waals surface area contributed by atoms with Gasteiger partial charge in [-0.2, -0.15) is 0 Å². The Morgan fingerprint density at radius 2 is 1.88 bits per heavy atom. The molecule has 0 bridgehead atoms. The van der Waals surface area contributed by atoms with Crippen LogP contribution in [-0.4, -0.2) is 17.9 Å². The van der Waals surface area contributed by atoms with Crippen molar-refractivity contribution >= 4 is 17.5 Å². The smallest absolute Gasteiger partial charge is 0.251 e. The molecule has 0 aliphatic rings. The Morgan fingerprint density at radius 3 is 2.54 bits per heavy atom. The van der Waals surface area contributed by atoms with E-state index in [4.69, 9.17) is 0 Å². The molecular formula is C19H21FN2O2. The molecule has 2 aromatic carbocycles. The van der Waals surface area contributed by atoms with Crippen LogP contribution < -0.4 is 10.6 Å². The molecule has 0 saturated carbocycles. The number of benzene rings is 2. The average Bonchev–Trinajstić information content (AvgIpc) is 2.51. The molecule has 0 aliphatic heterocycles. The molecule has 126 valence electrons.